The zero-order valence-corrected chi connectivity index (χ0v) is 15.4. The highest BCUT2D eigenvalue weighted by molar-refractivity contribution is 6.70. The summed E-state index contributed by atoms with van der Waals surface area (Å²) in [6.07, 6.45) is 2.51. The van der Waals surface area contributed by atoms with Crippen LogP contribution in [0.3, 0.4) is 0 Å². The maximum Gasteiger partial charge on any atom is 0.242 e. The predicted octanol–water partition coefficient (Wildman–Crippen LogP) is 4.78. The van der Waals surface area contributed by atoms with Gasteiger partial charge in [-0.15, -0.1) is 0 Å². The summed E-state index contributed by atoms with van der Waals surface area (Å²) in [7, 11) is -1.54. The SMILES string of the molecule is C[Si](C)(C)Oc1ccc([C@H](c2ccccc2)[C@@H]2CCCN2)cc1. The van der Waals surface area contributed by atoms with Crippen LogP contribution in [0.25, 0.3) is 0 Å². The molecule has 2 aromatic rings. The third-order valence-electron chi connectivity index (χ3n) is 4.32. The Morgan fingerprint density at radius 3 is 2.17 bits per heavy atom. The molecule has 1 aliphatic heterocycles. The van der Waals surface area contributed by atoms with Crippen molar-refractivity contribution in [2.24, 2.45) is 0 Å². The maximum atomic E-state index is 6.09. The molecule has 3 rings (SSSR count). The van der Waals surface area contributed by atoms with Gasteiger partial charge >= 0.3 is 0 Å². The van der Waals surface area contributed by atoms with Gasteiger partial charge in [0.2, 0.25) is 8.32 Å². The standard InChI is InChI=1S/C20H27NOSi/c1-23(2,3)22-18-13-11-17(12-14-18)20(19-10-7-15-21-19)16-8-5-4-6-9-16/h4-6,8-9,11-14,19-21H,7,10,15H2,1-3H3/t19-,20-/m0/s1. The highest BCUT2D eigenvalue weighted by atomic mass is 28.4. The second-order valence-corrected chi connectivity index (χ2v) is 11.8. The number of nitrogens with one attached hydrogen (secondary N) is 1. The molecule has 1 saturated heterocycles. The summed E-state index contributed by atoms with van der Waals surface area (Å²) >= 11 is 0. The summed E-state index contributed by atoms with van der Waals surface area (Å²) in [5, 5.41) is 3.68. The van der Waals surface area contributed by atoms with Crippen LogP contribution in [0.2, 0.25) is 19.6 Å². The molecule has 23 heavy (non-hydrogen) atoms. The molecule has 2 nitrogen and oxygen atoms in total. The van der Waals surface area contributed by atoms with Crippen LogP contribution in [0.5, 0.6) is 5.75 Å². The Bertz CT molecular complexity index is 612. The van der Waals surface area contributed by atoms with Crippen molar-refractivity contribution >= 4 is 8.32 Å². The lowest BCUT2D eigenvalue weighted by Crippen LogP contribution is -2.30. The van der Waals surface area contributed by atoms with Gasteiger partial charge in [0.25, 0.3) is 0 Å². The van der Waals surface area contributed by atoms with Gasteiger partial charge in [0.05, 0.1) is 0 Å². The molecule has 1 N–H and O–H groups in total. The Kier molecular flexibility index (Phi) is 4.88. The molecule has 0 unspecified atom stereocenters. The van der Waals surface area contributed by atoms with Gasteiger partial charge in [-0.2, -0.15) is 0 Å². The van der Waals surface area contributed by atoms with Gasteiger partial charge < -0.3 is 9.74 Å². The molecule has 3 heteroatoms. The van der Waals surface area contributed by atoms with Crippen molar-refractivity contribution in [3.8, 4) is 5.75 Å². The smallest absolute Gasteiger partial charge is 0.242 e. The van der Waals surface area contributed by atoms with E-state index in [0.717, 1.165) is 12.3 Å². The highest BCUT2D eigenvalue weighted by Crippen LogP contribution is 2.33. The molecule has 0 amide bonds. The minimum atomic E-state index is -1.54. The summed E-state index contributed by atoms with van der Waals surface area (Å²) in [5.41, 5.74) is 2.77. The van der Waals surface area contributed by atoms with E-state index in [4.69, 9.17) is 4.43 Å². The van der Waals surface area contributed by atoms with Crippen molar-refractivity contribution in [1.29, 1.82) is 0 Å². The number of rotatable bonds is 5. The average molecular weight is 326 g/mol. The zero-order chi connectivity index (χ0) is 16.3. The molecule has 122 valence electrons. The van der Waals surface area contributed by atoms with Crippen molar-refractivity contribution in [3.63, 3.8) is 0 Å². The van der Waals surface area contributed by atoms with Crippen LogP contribution >= 0.6 is 0 Å². The van der Waals surface area contributed by atoms with Crippen molar-refractivity contribution < 1.29 is 4.43 Å². The second kappa shape index (κ2) is 6.89. The summed E-state index contributed by atoms with van der Waals surface area (Å²) in [4.78, 5) is 0. The Morgan fingerprint density at radius 1 is 0.957 bits per heavy atom. The number of hydrogen-bond acceptors (Lipinski definition) is 2. The lowest BCUT2D eigenvalue weighted by molar-refractivity contribution is 0.536. The maximum absolute atomic E-state index is 6.09. The van der Waals surface area contributed by atoms with E-state index in [1.165, 1.54) is 24.0 Å². The Morgan fingerprint density at radius 2 is 1.61 bits per heavy atom. The lowest BCUT2D eigenvalue weighted by Gasteiger charge is -2.26. The van der Waals surface area contributed by atoms with E-state index in [1.54, 1.807) is 0 Å². The second-order valence-electron chi connectivity index (χ2n) is 7.37. The summed E-state index contributed by atoms with van der Waals surface area (Å²) in [6.45, 7) is 7.78. The summed E-state index contributed by atoms with van der Waals surface area (Å²) in [5.74, 6) is 1.42. The van der Waals surface area contributed by atoms with Gasteiger partial charge in [-0.1, -0.05) is 42.5 Å². The fourth-order valence-corrected chi connectivity index (χ4v) is 4.25. The van der Waals surface area contributed by atoms with Gasteiger partial charge in [0.1, 0.15) is 5.75 Å². The Hall–Kier alpha value is -1.58. The zero-order valence-electron chi connectivity index (χ0n) is 14.4. The van der Waals surface area contributed by atoms with E-state index in [9.17, 15) is 0 Å². The topological polar surface area (TPSA) is 21.3 Å². The number of hydrogen-bond donors (Lipinski definition) is 1. The van der Waals surface area contributed by atoms with E-state index >= 15 is 0 Å². The minimum absolute atomic E-state index is 0.416. The van der Waals surface area contributed by atoms with Gasteiger partial charge in [0, 0.05) is 12.0 Å². The van der Waals surface area contributed by atoms with Crippen LogP contribution in [-0.4, -0.2) is 20.9 Å². The molecule has 0 aromatic heterocycles. The van der Waals surface area contributed by atoms with E-state index in [2.05, 4.69) is 79.6 Å². The van der Waals surface area contributed by atoms with Crippen LogP contribution in [0, 0.1) is 0 Å². The van der Waals surface area contributed by atoms with Crippen molar-refractivity contribution in [2.75, 3.05) is 6.54 Å². The van der Waals surface area contributed by atoms with E-state index in [0.29, 0.717) is 12.0 Å². The van der Waals surface area contributed by atoms with Crippen LogP contribution in [0.15, 0.2) is 54.6 Å². The first-order valence-corrected chi connectivity index (χ1v) is 12.0. The van der Waals surface area contributed by atoms with Crippen molar-refractivity contribution in [2.45, 2.75) is 44.4 Å². The van der Waals surface area contributed by atoms with Crippen LogP contribution in [0.4, 0.5) is 0 Å². The van der Waals surface area contributed by atoms with Crippen LogP contribution in [0.1, 0.15) is 29.9 Å². The van der Waals surface area contributed by atoms with Crippen molar-refractivity contribution in [1.82, 2.24) is 5.32 Å². The molecule has 2 aromatic carbocycles. The fraction of sp³-hybridized carbons (Fsp3) is 0.400. The van der Waals surface area contributed by atoms with Crippen LogP contribution < -0.4 is 9.74 Å². The first-order valence-electron chi connectivity index (χ1n) is 8.60. The molecule has 0 aliphatic carbocycles. The van der Waals surface area contributed by atoms with Gasteiger partial charge in [0.15, 0.2) is 0 Å². The first kappa shape index (κ1) is 16.3. The molecular weight excluding hydrogens is 298 g/mol. The van der Waals surface area contributed by atoms with Crippen molar-refractivity contribution in [3.05, 3.63) is 65.7 Å². The third-order valence-corrected chi connectivity index (χ3v) is 5.17. The molecule has 1 fully saturated rings. The van der Waals surface area contributed by atoms with Gasteiger partial charge in [-0.25, -0.2) is 0 Å². The summed E-state index contributed by atoms with van der Waals surface area (Å²) in [6, 6.07) is 20.2. The van der Waals surface area contributed by atoms with E-state index in [-0.39, 0.29) is 0 Å². The van der Waals surface area contributed by atoms with E-state index in [1.807, 2.05) is 0 Å². The molecule has 1 heterocycles. The predicted molar refractivity (Wildman–Crippen MR) is 99.7 cm³/mol. The quantitative estimate of drug-likeness (QED) is 0.799. The molecule has 0 bridgehead atoms. The summed E-state index contributed by atoms with van der Waals surface area (Å²) < 4.78 is 6.09. The first-order chi connectivity index (χ1) is 11.0. The monoisotopic (exact) mass is 325 g/mol. The Labute approximate surface area is 141 Å². The molecule has 2 atom stereocenters. The van der Waals surface area contributed by atoms with Crippen LogP contribution in [-0.2, 0) is 0 Å². The third kappa shape index (κ3) is 4.24. The molecular formula is C20H27NOSi. The minimum Gasteiger partial charge on any atom is -0.544 e. The largest absolute Gasteiger partial charge is 0.544 e. The molecule has 0 radical (unpaired) electrons. The Balaban J connectivity index is 1.88. The number of benzene rings is 2. The normalized spacial score (nSPS) is 19.5. The lowest BCUT2D eigenvalue weighted by atomic mass is 9.84. The highest BCUT2D eigenvalue weighted by Gasteiger charge is 2.27. The fourth-order valence-electron chi connectivity index (χ4n) is 3.41. The van der Waals surface area contributed by atoms with Gasteiger partial charge in [-0.3, -0.25) is 0 Å². The molecule has 0 saturated carbocycles. The van der Waals surface area contributed by atoms with Gasteiger partial charge in [-0.05, 0) is 62.3 Å². The molecule has 1 aliphatic rings. The van der Waals surface area contributed by atoms with E-state index < -0.39 is 8.32 Å². The molecule has 0 spiro atoms. The average Bonchev–Trinajstić information content (AvgIpc) is 3.03.